The highest BCUT2D eigenvalue weighted by molar-refractivity contribution is 9.10. The Morgan fingerprint density at radius 2 is 2.15 bits per heavy atom. The predicted octanol–water partition coefficient (Wildman–Crippen LogP) is 2.15. The number of hydrogen-bond acceptors (Lipinski definition) is 3. The molecule has 6 nitrogen and oxygen atoms in total. The normalized spacial score (nSPS) is 21.9. The van der Waals surface area contributed by atoms with Crippen molar-refractivity contribution in [3.63, 3.8) is 0 Å². The number of hydrogen-bond donors (Lipinski definition) is 3. The second kappa shape index (κ2) is 5.99. The third-order valence-electron chi connectivity index (χ3n) is 3.00. The Kier molecular flexibility index (Phi) is 4.52. The molecule has 0 radical (unpaired) electrons. The van der Waals surface area contributed by atoms with Crippen molar-refractivity contribution in [1.29, 1.82) is 0 Å². The van der Waals surface area contributed by atoms with Gasteiger partial charge in [-0.2, -0.15) is 0 Å². The van der Waals surface area contributed by atoms with Crippen LogP contribution in [0, 0.1) is 0 Å². The number of rotatable bonds is 2. The number of nitrogens with one attached hydrogen (secondary N) is 1. The molecule has 0 bridgehead atoms. The molecule has 2 atom stereocenters. The number of carboxylic acid groups (broad SMARTS) is 1. The van der Waals surface area contributed by atoms with Crippen LogP contribution in [0.4, 0.5) is 10.5 Å². The van der Waals surface area contributed by atoms with E-state index in [2.05, 4.69) is 21.2 Å². The number of nitrogens with zero attached hydrogens (tertiary/aromatic N) is 1. The highest BCUT2D eigenvalue weighted by Gasteiger charge is 2.38. The Bertz CT molecular complexity index is 554. The van der Waals surface area contributed by atoms with Gasteiger partial charge in [0.15, 0.2) is 0 Å². The maximum atomic E-state index is 12.1. The lowest BCUT2D eigenvalue weighted by molar-refractivity contribution is -0.141. The van der Waals surface area contributed by atoms with E-state index >= 15 is 0 Å². The number of aliphatic hydroxyl groups is 1. The fraction of sp³-hybridized carbons (Fsp3) is 0.333. The van der Waals surface area contributed by atoms with Crippen LogP contribution in [0.2, 0.25) is 5.02 Å². The monoisotopic (exact) mass is 362 g/mol. The molecule has 1 aromatic carbocycles. The summed E-state index contributed by atoms with van der Waals surface area (Å²) in [6.45, 7) is -0.00688. The van der Waals surface area contributed by atoms with Gasteiger partial charge in [0.2, 0.25) is 0 Å². The van der Waals surface area contributed by atoms with Gasteiger partial charge in [-0.15, -0.1) is 0 Å². The Balaban J connectivity index is 2.11. The summed E-state index contributed by atoms with van der Waals surface area (Å²) in [5.74, 6) is -1.13. The summed E-state index contributed by atoms with van der Waals surface area (Å²) in [7, 11) is 0. The van der Waals surface area contributed by atoms with Crippen molar-refractivity contribution in [2.45, 2.75) is 18.6 Å². The summed E-state index contributed by atoms with van der Waals surface area (Å²) >= 11 is 9.15. The third-order valence-corrected chi connectivity index (χ3v) is 4.23. The number of carbonyl (C=O) groups excluding carboxylic acids is 1. The van der Waals surface area contributed by atoms with Gasteiger partial charge >= 0.3 is 12.0 Å². The molecule has 0 saturated carbocycles. The van der Waals surface area contributed by atoms with Crippen molar-refractivity contribution >= 4 is 45.2 Å². The van der Waals surface area contributed by atoms with Gasteiger partial charge in [0.25, 0.3) is 0 Å². The molecule has 1 fully saturated rings. The number of anilines is 1. The van der Waals surface area contributed by atoms with Crippen LogP contribution in [-0.4, -0.2) is 45.8 Å². The van der Waals surface area contributed by atoms with Crippen LogP contribution in [0.25, 0.3) is 0 Å². The predicted molar refractivity (Wildman–Crippen MR) is 76.9 cm³/mol. The number of benzene rings is 1. The van der Waals surface area contributed by atoms with Gasteiger partial charge in [0, 0.05) is 23.1 Å². The van der Waals surface area contributed by atoms with E-state index < -0.39 is 24.1 Å². The van der Waals surface area contributed by atoms with E-state index in [4.69, 9.17) is 16.7 Å². The Labute approximate surface area is 128 Å². The number of carboxylic acids is 1. The Hall–Kier alpha value is -1.31. The Morgan fingerprint density at radius 1 is 1.45 bits per heavy atom. The quantitative estimate of drug-likeness (QED) is 0.751. The zero-order valence-corrected chi connectivity index (χ0v) is 12.6. The fourth-order valence-corrected chi connectivity index (χ4v) is 2.47. The zero-order valence-electron chi connectivity index (χ0n) is 10.2. The number of aliphatic hydroxyl groups excluding tert-OH is 1. The Morgan fingerprint density at radius 3 is 2.75 bits per heavy atom. The first-order valence-electron chi connectivity index (χ1n) is 5.82. The van der Waals surface area contributed by atoms with Crippen LogP contribution >= 0.6 is 27.5 Å². The lowest BCUT2D eigenvalue weighted by Gasteiger charge is -2.21. The average Bonchev–Trinajstić information content (AvgIpc) is 2.76. The van der Waals surface area contributed by atoms with Gasteiger partial charge in [-0.3, -0.25) is 0 Å². The summed E-state index contributed by atoms with van der Waals surface area (Å²) in [4.78, 5) is 24.2. The van der Waals surface area contributed by atoms with Crippen LogP contribution in [0.15, 0.2) is 22.7 Å². The minimum Gasteiger partial charge on any atom is -0.480 e. The highest BCUT2D eigenvalue weighted by atomic mass is 79.9. The van der Waals surface area contributed by atoms with Gasteiger partial charge in [0.1, 0.15) is 6.04 Å². The standard InChI is InChI=1S/C12H12BrClN2O4/c13-8-2-1-6(3-9(8)14)15-12(20)16-5-7(17)4-10(16)11(18)19/h1-3,7,10,17H,4-5H2,(H,15,20)(H,18,19)/t7-,10+/m1/s1. The van der Waals surface area contributed by atoms with Gasteiger partial charge < -0.3 is 20.4 Å². The number of urea groups is 1. The summed E-state index contributed by atoms with van der Waals surface area (Å²) < 4.78 is 0.692. The molecular formula is C12H12BrClN2O4. The molecule has 8 heteroatoms. The summed E-state index contributed by atoms with van der Waals surface area (Å²) in [5, 5.41) is 21.5. The van der Waals surface area contributed by atoms with Crippen molar-refractivity contribution in [2.24, 2.45) is 0 Å². The molecule has 0 aromatic heterocycles. The number of β-amino-alcohol motifs (C(OH)–C–C–N with tert-alkyl or cyclic N) is 1. The molecule has 1 aliphatic heterocycles. The molecule has 0 unspecified atom stereocenters. The average molecular weight is 364 g/mol. The summed E-state index contributed by atoms with van der Waals surface area (Å²) in [6, 6.07) is 3.26. The van der Waals surface area contributed by atoms with Crippen LogP contribution in [-0.2, 0) is 4.79 Å². The molecule has 1 saturated heterocycles. The van der Waals surface area contributed by atoms with Crippen molar-refractivity contribution in [3.05, 3.63) is 27.7 Å². The van der Waals surface area contributed by atoms with E-state index in [-0.39, 0.29) is 13.0 Å². The molecule has 2 amide bonds. The van der Waals surface area contributed by atoms with E-state index in [1.807, 2.05) is 0 Å². The largest absolute Gasteiger partial charge is 0.480 e. The number of aliphatic carboxylic acids is 1. The molecule has 0 spiro atoms. The van der Waals surface area contributed by atoms with Gasteiger partial charge in [-0.1, -0.05) is 11.6 Å². The minimum atomic E-state index is -1.13. The van der Waals surface area contributed by atoms with Gasteiger partial charge in [-0.25, -0.2) is 9.59 Å². The fourth-order valence-electron chi connectivity index (χ4n) is 2.04. The second-order valence-electron chi connectivity index (χ2n) is 4.45. The maximum absolute atomic E-state index is 12.1. The molecular weight excluding hydrogens is 351 g/mol. The number of halogens is 2. The van der Waals surface area contributed by atoms with Gasteiger partial charge in [0.05, 0.1) is 11.1 Å². The topological polar surface area (TPSA) is 89.9 Å². The molecule has 1 aromatic rings. The smallest absolute Gasteiger partial charge is 0.326 e. The molecule has 0 aliphatic carbocycles. The van der Waals surface area contributed by atoms with E-state index in [0.29, 0.717) is 15.2 Å². The summed E-state index contributed by atoms with van der Waals surface area (Å²) in [5.41, 5.74) is 0.453. The third kappa shape index (κ3) is 3.23. The second-order valence-corrected chi connectivity index (χ2v) is 5.72. The lowest BCUT2D eigenvalue weighted by Crippen LogP contribution is -2.43. The first kappa shape index (κ1) is 15.1. The first-order valence-corrected chi connectivity index (χ1v) is 6.99. The van der Waals surface area contributed by atoms with Crippen molar-refractivity contribution in [1.82, 2.24) is 4.90 Å². The number of likely N-dealkylation sites (tertiary alicyclic amines) is 1. The van der Waals surface area contributed by atoms with E-state index in [9.17, 15) is 14.7 Å². The van der Waals surface area contributed by atoms with Crippen molar-refractivity contribution in [2.75, 3.05) is 11.9 Å². The van der Waals surface area contributed by atoms with Crippen LogP contribution in [0.1, 0.15) is 6.42 Å². The first-order chi connectivity index (χ1) is 9.38. The van der Waals surface area contributed by atoms with Gasteiger partial charge in [-0.05, 0) is 34.1 Å². The lowest BCUT2D eigenvalue weighted by atomic mass is 10.2. The number of carbonyl (C=O) groups is 2. The van der Waals surface area contributed by atoms with Crippen molar-refractivity contribution < 1.29 is 19.8 Å². The van der Waals surface area contributed by atoms with E-state index in [1.54, 1.807) is 18.2 Å². The molecule has 2 rings (SSSR count). The highest BCUT2D eigenvalue weighted by Crippen LogP contribution is 2.26. The van der Waals surface area contributed by atoms with Crippen molar-refractivity contribution in [3.8, 4) is 0 Å². The van der Waals surface area contributed by atoms with Crippen LogP contribution < -0.4 is 5.32 Å². The van der Waals surface area contributed by atoms with Crippen LogP contribution in [0.5, 0.6) is 0 Å². The SMILES string of the molecule is O=C(O)[C@@H]1C[C@@H](O)CN1C(=O)Nc1ccc(Br)c(Cl)c1. The molecule has 108 valence electrons. The zero-order chi connectivity index (χ0) is 14.9. The maximum Gasteiger partial charge on any atom is 0.326 e. The molecule has 3 N–H and O–H groups in total. The van der Waals surface area contributed by atoms with Crippen LogP contribution in [0.3, 0.4) is 0 Å². The minimum absolute atomic E-state index is 0.00688. The summed E-state index contributed by atoms with van der Waals surface area (Å²) in [6.07, 6.45) is -0.792. The number of amides is 2. The molecule has 20 heavy (non-hydrogen) atoms. The molecule has 1 heterocycles. The molecule has 1 aliphatic rings. The van der Waals surface area contributed by atoms with E-state index in [1.165, 1.54) is 0 Å². The van der Waals surface area contributed by atoms with E-state index in [0.717, 1.165) is 4.90 Å².